The number of rotatable bonds is 7. The Labute approximate surface area is 177 Å². The van der Waals surface area contributed by atoms with Gasteiger partial charge in [0.2, 0.25) is 0 Å². The predicted molar refractivity (Wildman–Crippen MR) is 119 cm³/mol. The Bertz CT molecular complexity index is 1120. The topological polar surface area (TPSA) is 51.0 Å². The summed E-state index contributed by atoms with van der Waals surface area (Å²) in [6, 6.07) is 15.4. The number of hydrogen-bond donors (Lipinski definition) is 0. The van der Waals surface area contributed by atoms with Crippen LogP contribution < -0.4 is 4.90 Å². The smallest absolute Gasteiger partial charge is 0.252 e. The number of aromatic nitrogens is 3. The van der Waals surface area contributed by atoms with Gasteiger partial charge in [-0.2, -0.15) is 0 Å². The van der Waals surface area contributed by atoms with E-state index in [4.69, 9.17) is 11.6 Å². The second-order valence-electron chi connectivity index (χ2n) is 6.50. The molecule has 0 unspecified atom stereocenters. The van der Waals surface area contributed by atoms with Crippen LogP contribution in [-0.2, 0) is 11.3 Å². The largest absolute Gasteiger partial charge is 0.337 e. The molecule has 0 saturated heterocycles. The molecular formula is C22H19ClN4OS. The Morgan fingerprint density at radius 1 is 1.21 bits per heavy atom. The zero-order valence-corrected chi connectivity index (χ0v) is 17.2. The van der Waals surface area contributed by atoms with Crippen LogP contribution in [0.5, 0.6) is 0 Å². The number of anilines is 1. The van der Waals surface area contributed by atoms with E-state index in [2.05, 4.69) is 9.97 Å². The summed E-state index contributed by atoms with van der Waals surface area (Å²) in [5.74, 6) is -0.0929. The molecule has 4 rings (SSSR count). The van der Waals surface area contributed by atoms with Gasteiger partial charge in [0.05, 0.1) is 16.5 Å². The van der Waals surface area contributed by atoms with E-state index in [1.54, 1.807) is 23.5 Å². The molecule has 4 aromatic rings. The third-order valence-electron chi connectivity index (χ3n) is 4.41. The molecule has 0 spiro atoms. The number of nitrogens with zero attached hydrogens (tertiary/aromatic N) is 4. The molecular weight excluding hydrogens is 404 g/mol. The zero-order chi connectivity index (χ0) is 20.1. The molecule has 29 heavy (non-hydrogen) atoms. The van der Waals surface area contributed by atoms with Gasteiger partial charge in [0.1, 0.15) is 0 Å². The van der Waals surface area contributed by atoms with Gasteiger partial charge in [0.25, 0.3) is 5.91 Å². The van der Waals surface area contributed by atoms with E-state index >= 15 is 0 Å². The van der Waals surface area contributed by atoms with E-state index in [0.29, 0.717) is 16.7 Å². The molecule has 7 heteroatoms. The van der Waals surface area contributed by atoms with E-state index in [0.717, 1.165) is 28.7 Å². The van der Waals surface area contributed by atoms with Gasteiger partial charge < -0.3 is 4.57 Å². The minimum Gasteiger partial charge on any atom is -0.337 e. The van der Waals surface area contributed by atoms with Gasteiger partial charge in [-0.15, -0.1) is 0 Å². The second kappa shape index (κ2) is 9.03. The van der Waals surface area contributed by atoms with Crippen molar-refractivity contribution >= 4 is 50.3 Å². The number of fused-ring (bicyclic) bond motifs is 1. The number of thiazole rings is 1. The maximum absolute atomic E-state index is 13.0. The number of benzene rings is 2. The molecule has 0 bridgehead atoms. The van der Waals surface area contributed by atoms with Crippen LogP contribution in [0.15, 0.2) is 73.3 Å². The highest BCUT2D eigenvalue weighted by atomic mass is 35.5. The lowest BCUT2D eigenvalue weighted by atomic mass is 10.2. The van der Waals surface area contributed by atoms with Crippen molar-refractivity contribution in [3.63, 3.8) is 0 Å². The van der Waals surface area contributed by atoms with Crippen LogP contribution in [0, 0.1) is 0 Å². The quantitative estimate of drug-likeness (QED) is 0.380. The van der Waals surface area contributed by atoms with Crippen LogP contribution in [0.1, 0.15) is 12.0 Å². The lowest BCUT2D eigenvalue weighted by molar-refractivity contribution is -0.114. The summed E-state index contributed by atoms with van der Waals surface area (Å²) in [4.78, 5) is 23.5. The highest BCUT2D eigenvalue weighted by Gasteiger charge is 2.18. The first-order chi connectivity index (χ1) is 14.2. The highest BCUT2D eigenvalue weighted by Crippen LogP contribution is 2.31. The summed E-state index contributed by atoms with van der Waals surface area (Å²) in [7, 11) is 0. The molecule has 0 aliphatic rings. The molecule has 0 aliphatic heterocycles. The monoisotopic (exact) mass is 422 g/mol. The van der Waals surface area contributed by atoms with E-state index in [1.165, 1.54) is 11.3 Å². The minimum absolute atomic E-state index is 0.0929. The predicted octanol–water partition coefficient (Wildman–Crippen LogP) is 5.28. The molecule has 2 heterocycles. The maximum Gasteiger partial charge on any atom is 0.252 e. The standard InChI is InChI=1S/C22H19ClN4OS/c23-18-8-9-19-20(15-18)29-22(25-19)27(13-4-12-26-14-11-24-16-26)21(28)10-7-17-5-2-1-3-6-17/h1-3,5-11,14-16H,4,12-13H2/b10-7+. The fourth-order valence-corrected chi connectivity index (χ4v) is 4.23. The number of aryl methyl sites for hydroxylation is 1. The van der Waals surface area contributed by atoms with Crippen LogP contribution in [0.4, 0.5) is 5.13 Å². The highest BCUT2D eigenvalue weighted by molar-refractivity contribution is 7.22. The molecule has 0 saturated carbocycles. The molecule has 2 aromatic carbocycles. The van der Waals surface area contributed by atoms with Crippen LogP contribution >= 0.6 is 22.9 Å². The van der Waals surface area contributed by atoms with Crippen molar-refractivity contribution in [3.05, 3.63) is 83.9 Å². The van der Waals surface area contributed by atoms with Gasteiger partial charge in [0.15, 0.2) is 5.13 Å². The Morgan fingerprint density at radius 3 is 2.86 bits per heavy atom. The summed E-state index contributed by atoms with van der Waals surface area (Å²) < 4.78 is 2.97. The van der Waals surface area contributed by atoms with E-state index in [-0.39, 0.29) is 5.91 Å². The molecule has 0 atom stereocenters. The molecule has 0 aliphatic carbocycles. The fraction of sp³-hybridized carbons (Fsp3) is 0.136. The molecule has 0 N–H and O–H groups in total. The van der Waals surface area contributed by atoms with Crippen LogP contribution in [0.25, 0.3) is 16.3 Å². The average molecular weight is 423 g/mol. The van der Waals surface area contributed by atoms with E-state index in [9.17, 15) is 4.79 Å². The lowest BCUT2D eigenvalue weighted by Gasteiger charge is -2.18. The fourth-order valence-electron chi connectivity index (χ4n) is 2.95. The Morgan fingerprint density at radius 2 is 2.07 bits per heavy atom. The van der Waals surface area contributed by atoms with Crippen molar-refractivity contribution in [3.8, 4) is 0 Å². The molecule has 146 valence electrons. The van der Waals surface area contributed by atoms with Gasteiger partial charge >= 0.3 is 0 Å². The number of halogens is 1. The van der Waals surface area contributed by atoms with Crippen LogP contribution in [-0.4, -0.2) is 27.0 Å². The van der Waals surface area contributed by atoms with Crippen molar-refractivity contribution in [1.82, 2.24) is 14.5 Å². The average Bonchev–Trinajstić information content (AvgIpc) is 3.39. The summed E-state index contributed by atoms with van der Waals surface area (Å²) in [5, 5.41) is 1.34. The first kappa shape index (κ1) is 19.4. The van der Waals surface area contributed by atoms with Gasteiger partial charge in [-0.3, -0.25) is 9.69 Å². The Hall–Kier alpha value is -2.96. The van der Waals surface area contributed by atoms with Crippen LogP contribution in [0.3, 0.4) is 0 Å². The summed E-state index contributed by atoms with van der Waals surface area (Å²) >= 11 is 7.58. The molecule has 2 aromatic heterocycles. The third-order valence-corrected chi connectivity index (χ3v) is 5.69. The van der Waals surface area contributed by atoms with Crippen molar-refractivity contribution < 1.29 is 4.79 Å². The third kappa shape index (κ3) is 4.91. The summed E-state index contributed by atoms with van der Waals surface area (Å²) in [6.07, 6.45) is 9.67. The Balaban J connectivity index is 1.56. The van der Waals surface area contributed by atoms with Gasteiger partial charge in [-0.05, 0) is 36.3 Å². The molecule has 0 radical (unpaired) electrons. The SMILES string of the molecule is O=C(/C=C/c1ccccc1)N(CCCn1ccnc1)c1nc2ccc(Cl)cc2s1. The zero-order valence-electron chi connectivity index (χ0n) is 15.6. The minimum atomic E-state index is -0.0929. The number of imidazole rings is 1. The first-order valence-electron chi connectivity index (χ1n) is 9.25. The van der Waals surface area contributed by atoms with Gasteiger partial charge in [-0.1, -0.05) is 53.3 Å². The van der Waals surface area contributed by atoms with Crippen molar-refractivity contribution in [2.75, 3.05) is 11.4 Å². The van der Waals surface area contributed by atoms with Gasteiger partial charge in [-0.25, -0.2) is 9.97 Å². The molecule has 5 nitrogen and oxygen atoms in total. The van der Waals surface area contributed by atoms with Gasteiger partial charge in [0, 0.05) is 36.6 Å². The van der Waals surface area contributed by atoms with Crippen molar-refractivity contribution in [2.24, 2.45) is 0 Å². The van der Waals surface area contributed by atoms with Crippen molar-refractivity contribution in [1.29, 1.82) is 0 Å². The Kier molecular flexibility index (Phi) is 6.03. The summed E-state index contributed by atoms with van der Waals surface area (Å²) in [5.41, 5.74) is 1.82. The van der Waals surface area contributed by atoms with Crippen LogP contribution in [0.2, 0.25) is 5.02 Å². The molecule has 1 amide bonds. The maximum atomic E-state index is 13.0. The van der Waals surface area contributed by atoms with E-state index < -0.39 is 0 Å². The number of carbonyl (C=O) groups is 1. The number of amides is 1. The lowest BCUT2D eigenvalue weighted by Crippen LogP contribution is -2.30. The normalized spacial score (nSPS) is 11.3. The second-order valence-corrected chi connectivity index (χ2v) is 7.94. The van der Waals surface area contributed by atoms with E-state index in [1.807, 2.05) is 65.4 Å². The number of carbonyl (C=O) groups excluding carboxylic acids is 1. The first-order valence-corrected chi connectivity index (χ1v) is 10.4. The van der Waals surface area contributed by atoms with Crippen molar-refractivity contribution in [2.45, 2.75) is 13.0 Å². The summed E-state index contributed by atoms with van der Waals surface area (Å²) in [6.45, 7) is 1.34. The number of hydrogen-bond acceptors (Lipinski definition) is 4. The molecule has 0 fully saturated rings.